The van der Waals surface area contributed by atoms with Crippen molar-refractivity contribution in [3.63, 3.8) is 0 Å². The Morgan fingerprint density at radius 1 is 0.905 bits per heavy atom. The second kappa shape index (κ2) is 5.95. The number of carbonyl (C=O) groups is 1. The van der Waals surface area contributed by atoms with E-state index in [-0.39, 0.29) is 5.91 Å². The Morgan fingerprint density at radius 2 is 1.57 bits per heavy atom. The Morgan fingerprint density at radius 3 is 2.24 bits per heavy atom. The van der Waals surface area contributed by atoms with Crippen molar-refractivity contribution in [3.8, 4) is 0 Å². The van der Waals surface area contributed by atoms with Crippen molar-refractivity contribution >= 4 is 86.7 Å². The Bertz CT molecular complexity index is 779. The molecule has 0 fully saturated rings. The van der Waals surface area contributed by atoms with Crippen LogP contribution in [0.15, 0.2) is 53.2 Å². The van der Waals surface area contributed by atoms with Crippen molar-refractivity contribution in [3.05, 3.63) is 53.8 Å². The third-order valence-electron chi connectivity index (χ3n) is 2.91. The molecule has 0 unspecified atom stereocenters. The van der Waals surface area contributed by atoms with Gasteiger partial charge in [-0.25, -0.2) is 4.99 Å². The van der Waals surface area contributed by atoms with Gasteiger partial charge in [0.05, 0.1) is 11.4 Å². The average molecular weight is 538 g/mol. The monoisotopic (exact) mass is 534 g/mol. The number of halogens is 4. The SMILES string of the molecule is O=C1Nc2ccc(Br)cc2C1=Nc1c(Br)cc(Br)cc1Br. The molecule has 2 aromatic carbocycles. The van der Waals surface area contributed by atoms with Crippen LogP contribution in [0.25, 0.3) is 0 Å². The quantitative estimate of drug-likeness (QED) is 0.490. The predicted octanol–water partition coefficient (Wildman–Crippen LogP) is 5.81. The number of nitrogens with zero attached hydrogens (tertiary/aromatic N) is 1. The molecule has 1 aliphatic heterocycles. The summed E-state index contributed by atoms with van der Waals surface area (Å²) in [4.78, 5) is 16.7. The van der Waals surface area contributed by atoms with Gasteiger partial charge in [-0.15, -0.1) is 0 Å². The van der Waals surface area contributed by atoms with E-state index in [1.807, 2.05) is 30.3 Å². The molecule has 0 atom stereocenters. The molecule has 21 heavy (non-hydrogen) atoms. The van der Waals surface area contributed by atoms with Crippen LogP contribution in [0, 0.1) is 0 Å². The van der Waals surface area contributed by atoms with Gasteiger partial charge in [-0.3, -0.25) is 4.79 Å². The van der Waals surface area contributed by atoms with Crippen LogP contribution in [-0.2, 0) is 4.79 Å². The van der Waals surface area contributed by atoms with Gasteiger partial charge in [0.1, 0.15) is 5.71 Å². The van der Waals surface area contributed by atoms with Crippen LogP contribution in [0.1, 0.15) is 5.56 Å². The van der Waals surface area contributed by atoms with Gasteiger partial charge in [0, 0.05) is 23.5 Å². The Kier molecular flexibility index (Phi) is 4.36. The summed E-state index contributed by atoms with van der Waals surface area (Å²) in [5, 5.41) is 2.81. The maximum atomic E-state index is 12.1. The zero-order valence-corrected chi connectivity index (χ0v) is 16.6. The maximum absolute atomic E-state index is 12.1. The van der Waals surface area contributed by atoms with Crippen LogP contribution in [0.2, 0.25) is 0 Å². The number of rotatable bonds is 1. The van der Waals surface area contributed by atoms with E-state index in [4.69, 9.17) is 0 Å². The molecule has 1 heterocycles. The van der Waals surface area contributed by atoms with Gasteiger partial charge in [-0.05, 0) is 62.2 Å². The zero-order valence-electron chi connectivity index (χ0n) is 10.3. The standard InChI is InChI=1S/C14H6Br4N2O/c15-6-1-2-11-8(3-6)12(14(21)19-11)20-13-9(17)4-7(16)5-10(13)18/h1-5H,(H,19,20,21). The van der Waals surface area contributed by atoms with E-state index in [9.17, 15) is 4.79 Å². The molecule has 0 saturated heterocycles. The Balaban J connectivity index is 2.18. The molecule has 0 spiro atoms. The molecule has 0 bridgehead atoms. The normalized spacial score (nSPS) is 15.2. The van der Waals surface area contributed by atoms with Crippen molar-refractivity contribution in [1.29, 1.82) is 0 Å². The molecule has 0 aliphatic carbocycles. The summed E-state index contributed by atoms with van der Waals surface area (Å²) in [6.45, 7) is 0. The second-order valence-corrected chi connectivity index (χ2v) is 7.86. The van der Waals surface area contributed by atoms with Crippen LogP contribution in [0.5, 0.6) is 0 Å². The summed E-state index contributed by atoms with van der Waals surface area (Å²) in [5.74, 6) is -0.204. The van der Waals surface area contributed by atoms with Gasteiger partial charge >= 0.3 is 0 Å². The molecule has 2 aromatic rings. The van der Waals surface area contributed by atoms with E-state index >= 15 is 0 Å². The molecule has 1 N–H and O–H groups in total. The largest absolute Gasteiger partial charge is 0.320 e. The van der Waals surface area contributed by atoms with E-state index in [1.54, 1.807) is 0 Å². The topological polar surface area (TPSA) is 41.5 Å². The third-order valence-corrected chi connectivity index (χ3v) is 5.07. The highest BCUT2D eigenvalue weighted by Gasteiger charge is 2.26. The molecule has 7 heteroatoms. The van der Waals surface area contributed by atoms with E-state index in [2.05, 4.69) is 74.0 Å². The molecule has 3 nitrogen and oxygen atoms in total. The minimum absolute atomic E-state index is 0.204. The summed E-state index contributed by atoms with van der Waals surface area (Å²) in [6, 6.07) is 9.39. The lowest BCUT2D eigenvalue weighted by molar-refractivity contribution is -0.110. The second-order valence-electron chi connectivity index (χ2n) is 4.32. The van der Waals surface area contributed by atoms with Gasteiger partial charge in [-0.1, -0.05) is 31.9 Å². The summed E-state index contributed by atoms with van der Waals surface area (Å²) in [7, 11) is 0. The number of benzene rings is 2. The Labute approximate surface area is 154 Å². The number of hydrogen-bond acceptors (Lipinski definition) is 2. The van der Waals surface area contributed by atoms with Gasteiger partial charge in [0.2, 0.25) is 0 Å². The van der Waals surface area contributed by atoms with Crippen LogP contribution in [0.4, 0.5) is 11.4 Å². The summed E-state index contributed by atoms with van der Waals surface area (Å²) in [6.07, 6.45) is 0. The smallest absolute Gasteiger partial charge is 0.275 e. The average Bonchev–Trinajstić information content (AvgIpc) is 2.69. The maximum Gasteiger partial charge on any atom is 0.275 e. The minimum atomic E-state index is -0.204. The van der Waals surface area contributed by atoms with E-state index in [1.165, 1.54) is 0 Å². The summed E-state index contributed by atoms with van der Waals surface area (Å²) in [5.41, 5.74) is 2.63. The van der Waals surface area contributed by atoms with E-state index in [0.717, 1.165) is 29.1 Å². The number of aliphatic imine (C=N–C) groups is 1. The Hall–Kier alpha value is -0.500. The molecule has 1 amide bonds. The lowest BCUT2D eigenvalue weighted by Gasteiger charge is -2.05. The fraction of sp³-hybridized carbons (Fsp3) is 0. The highest BCUT2D eigenvalue weighted by molar-refractivity contribution is 9.11. The molecule has 0 saturated carbocycles. The van der Waals surface area contributed by atoms with Gasteiger partial charge in [0.25, 0.3) is 5.91 Å². The highest BCUT2D eigenvalue weighted by atomic mass is 79.9. The summed E-state index contributed by atoms with van der Waals surface area (Å²) >= 11 is 13.8. The first kappa shape index (κ1) is 15.4. The molecule has 3 rings (SSSR count). The lowest BCUT2D eigenvalue weighted by atomic mass is 10.1. The number of fused-ring (bicyclic) bond motifs is 1. The van der Waals surface area contributed by atoms with Gasteiger partial charge in [0.15, 0.2) is 0 Å². The minimum Gasteiger partial charge on any atom is -0.320 e. The van der Waals surface area contributed by atoms with E-state index in [0.29, 0.717) is 11.4 Å². The molecular formula is C14H6Br4N2O. The third kappa shape index (κ3) is 3.02. The van der Waals surface area contributed by atoms with Crippen LogP contribution >= 0.6 is 63.7 Å². The molecule has 0 radical (unpaired) electrons. The van der Waals surface area contributed by atoms with Crippen molar-refractivity contribution in [2.24, 2.45) is 4.99 Å². The van der Waals surface area contributed by atoms with Gasteiger partial charge < -0.3 is 5.32 Å². The molecular weight excluding hydrogens is 532 g/mol. The van der Waals surface area contributed by atoms with Crippen molar-refractivity contribution < 1.29 is 4.79 Å². The first-order chi connectivity index (χ1) is 9.95. The number of carbonyl (C=O) groups excluding carboxylic acids is 1. The number of amides is 1. The summed E-state index contributed by atoms with van der Waals surface area (Å²) < 4.78 is 3.42. The van der Waals surface area contributed by atoms with Crippen molar-refractivity contribution in [1.82, 2.24) is 0 Å². The zero-order chi connectivity index (χ0) is 15.1. The fourth-order valence-corrected chi connectivity index (χ4v) is 4.79. The van der Waals surface area contributed by atoms with Crippen molar-refractivity contribution in [2.45, 2.75) is 0 Å². The highest BCUT2D eigenvalue weighted by Crippen LogP contribution is 2.38. The van der Waals surface area contributed by atoms with Crippen LogP contribution in [0.3, 0.4) is 0 Å². The van der Waals surface area contributed by atoms with Crippen LogP contribution < -0.4 is 5.32 Å². The van der Waals surface area contributed by atoms with Crippen LogP contribution in [-0.4, -0.2) is 11.6 Å². The lowest BCUT2D eigenvalue weighted by Crippen LogP contribution is -2.14. The number of hydrogen-bond donors (Lipinski definition) is 1. The van der Waals surface area contributed by atoms with E-state index < -0.39 is 0 Å². The molecule has 1 aliphatic rings. The van der Waals surface area contributed by atoms with Crippen molar-refractivity contribution in [2.75, 3.05) is 5.32 Å². The molecule has 106 valence electrons. The number of anilines is 1. The first-order valence-electron chi connectivity index (χ1n) is 5.80. The first-order valence-corrected chi connectivity index (χ1v) is 8.97. The predicted molar refractivity (Wildman–Crippen MR) is 98.5 cm³/mol. The fourth-order valence-electron chi connectivity index (χ4n) is 1.99. The van der Waals surface area contributed by atoms with Gasteiger partial charge in [-0.2, -0.15) is 0 Å². The number of nitrogens with one attached hydrogen (secondary N) is 1. The molecule has 0 aromatic heterocycles.